The summed E-state index contributed by atoms with van der Waals surface area (Å²) < 4.78 is 58.7. The van der Waals surface area contributed by atoms with E-state index in [0.29, 0.717) is 0 Å². The van der Waals surface area contributed by atoms with Crippen LogP contribution in [0.25, 0.3) is 44.5 Å². The molecule has 4 fully saturated rings. The van der Waals surface area contributed by atoms with Crippen LogP contribution in [0.3, 0.4) is 0 Å². The summed E-state index contributed by atoms with van der Waals surface area (Å²) in [6.45, 7) is 33.8. The van der Waals surface area contributed by atoms with E-state index in [1.165, 1.54) is 0 Å². The van der Waals surface area contributed by atoms with E-state index in [9.17, 15) is 0 Å². The van der Waals surface area contributed by atoms with Crippen molar-refractivity contribution in [3.05, 3.63) is 21.5 Å². The van der Waals surface area contributed by atoms with Crippen LogP contribution in [-0.2, 0) is 37.2 Å². The van der Waals surface area contributed by atoms with Gasteiger partial charge in [0.2, 0.25) is 0 Å². The Morgan fingerprint density at radius 3 is 0.571 bits per heavy atom. The van der Waals surface area contributed by atoms with Gasteiger partial charge in [-0.3, -0.25) is 0 Å². The molecule has 0 aromatic carbocycles. The number of hydrogen-bond acceptors (Lipinski definition) is 12. The molecule has 0 radical (unpaired) electrons. The number of thiophene rings is 4. The smallest absolute Gasteiger partial charge is 0.399 e. The van der Waals surface area contributed by atoms with E-state index in [2.05, 4.69) is 132 Å². The maximum absolute atomic E-state index is 6.82. The van der Waals surface area contributed by atoms with Gasteiger partial charge in [-0.05, 0) is 132 Å². The predicted molar refractivity (Wildman–Crippen MR) is 236 cm³/mol. The van der Waals surface area contributed by atoms with Gasteiger partial charge in [-0.25, -0.2) is 0 Å². The van der Waals surface area contributed by atoms with E-state index in [4.69, 9.17) is 37.2 Å². The quantitative estimate of drug-likeness (QED) is 0.168. The second-order valence-corrected chi connectivity index (χ2v) is 23.6. The molecule has 1 aliphatic carbocycles. The van der Waals surface area contributed by atoms with Gasteiger partial charge in [-0.1, -0.05) is 0 Å². The Bertz CT molecular complexity index is 1850. The van der Waals surface area contributed by atoms with Crippen LogP contribution < -0.4 is 19.1 Å². The molecular weight excluding hydrogens is 780 g/mol. The minimum atomic E-state index is -0.564. The van der Waals surface area contributed by atoms with Crippen LogP contribution in [0.15, 0.2) is 21.5 Å². The molecular formula is C40H52B4O8S4. The first-order valence-electron chi connectivity index (χ1n) is 19.6. The molecule has 5 aliphatic rings. The largest absolute Gasteiger partial charge is 0.506 e. The maximum Gasteiger partial charge on any atom is 0.506 e. The Kier molecular flexibility index (Phi) is 8.74. The zero-order chi connectivity index (χ0) is 40.6. The molecule has 8 nitrogen and oxygen atoms in total. The molecule has 8 heterocycles. The molecule has 0 amide bonds. The minimum Gasteiger partial charge on any atom is -0.399 e. The molecule has 4 saturated heterocycles. The highest BCUT2D eigenvalue weighted by molar-refractivity contribution is 7.25. The van der Waals surface area contributed by atoms with Gasteiger partial charge in [-0.2, -0.15) is 45.3 Å². The fraction of sp³-hybridized carbons (Fsp3) is 0.600. The first kappa shape index (κ1) is 40.2. The standard InChI is InChI=1S/C40H52B4O8S4/c1-33(2)34(3,4)46-41(45-33)29-25-21(17-53-29)26-23(19-55-30(26)42-47-35(5,6)36(7,8)48-42)28-24(20-56-32(28)44-51-39(13,14)40(15,16)52-44)27-22(25)18-54-31(27)43-49-37(9,10)38(11,12)50-43/h17-20H,1-16H3. The Hall–Kier alpha value is -1.26. The average molecular weight is 832 g/mol. The SMILES string of the molecule is CC1(C)OB(c2scc3c2-c2csc(B4OC(C)(C)C(C)(C)O4)c2-c2csc(B4OC(C)(C)C(C)(C)O4)c2-c2csc(B4OC(C)(C)C(C)(C)O4)c2-3)OC1(C)C. The van der Waals surface area contributed by atoms with Gasteiger partial charge in [0.1, 0.15) is 0 Å². The molecule has 0 atom stereocenters. The fourth-order valence-electron chi connectivity index (χ4n) is 7.83. The summed E-state index contributed by atoms with van der Waals surface area (Å²) in [7, 11) is -2.26. The lowest BCUT2D eigenvalue weighted by molar-refractivity contribution is 0.00578. The third-order valence-electron chi connectivity index (χ3n) is 14.2. The molecule has 0 bridgehead atoms. The van der Waals surface area contributed by atoms with Crippen molar-refractivity contribution in [1.82, 2.24) is 0 Å². The van der Waals surface area contributed by atoms with Crippen LogP contribution in [-0.4, -0.2) is 73.3 Å². The van der Waals surface area contributed by atoms with Crippen LogP contribution in [0, 0.1) is 0 Å². The molecule has 4 aromatic heterocycles. The summed E-state index contributed by atoms with van der Waals surface area (Å²) in [5.74, 6) is 0. The van der Waals surface area contributed by atoms with Crippen molar-refractivity contribution >= 4 is 92.9 Å². The Morgan fingerprint density at radius 2 is 0.429 bits per heavy atom. The highest BCUT2D eigenvalue weighted by atomic mass is 32.1. The first-order chi connectivity index (χ1) is 25.7. The molecule has 9 rings (SSSR count). The van der Waals surface area contributed by atoms with E-state index >= 15 is 0 Å². The van der Waals surface area contributed by atoms with Gasteiger partial charge < -0.3 is 37.2 Å². The normalized spacial score (nSPS) is 25.6. The van der Waals surface area contributed by atoms with Crippen molar-refractivity contribution < 1.29 is 37.2 Å². The van der Waals surface area contributed by atoms with E-state index in [0.717, 1.165) is 63.6 Å². The molecule has 0 N–H and O–H groups in total. The lowest BCUT2D eigenvalue weighted by Gasteiger charge is -2.32. The van der Waals surface area contributed by atoms with E-state index in [1.54, 1.807) is 45.3 Å². The van der Waals surface area contributed by atoms with Crippen LogP contribution in [0.1, 0.15) is 111 Å². The van der Waals surface area contributed by atoms with Crippen molar-refractivity contribution in [2.24, 2.45) is 0 Å². The summed E-state index contributed by atoms with van der Waals surface area (Å²) in [6, 6.07) is 0. The van der Waals surface area contributed by atoms with Gasteiger partial charge in [0, 0.05) is 63.6 Å². The maximum atomic E-state index is 6.82. The topological polar surface area (TPSA) is 73.8 Å². The van der Waals surface area contributed by atoms with Gasteiger partial charge in [-0.15, -0.1) is 0 Å². The third-order valence-corrected chi connectivity index (χ3v) is 18.2. The number of rotatable bonds is 4. The summed E-state index contributed by atoms with van der Waals surface area (Å²) in [5.41, 5.74) is 4.64. The van der Waals surface area contributed by atoms with Gasteiger partial charge >= 0.3 is 28.5 Å². The van der Waals surface area contributed by atoms with Gasteiger partial charge in [0.25, 0.3) is 0 Å². The summed E-state index contributed by atoms with van der Waals surface area (Å²) >= 11 is 6.73. The van der Waals surface area contributed by atoms with Crippen molar-refractivity contribution in [2.75, 3.05) is 0 Å². The molecule has 0 saturated carbocycles. The number of fused-ring (bicyclic) bond motifs is 8. The monoisotopic (exact) mass is 832 g/mol. The number of hydrogen-bond donors (Lipinski definition) is 0. The highest BCUT2D eigenvalue weighted by Crippen LogP contribution is 2.53. The molecule has 296 valence electrons. The Labute approximate surface area is 349 Å². The van der Waals surface area contributed by atoms with E-state index in [-0.39, 0.29) is 0 Å². The van der Waals surface area contributed by atoms with Crippen LogP contribution in [0.2, 0.25) is 0 Å². The minimum absolute atomic E-state index is 0.513. The summed E-state index contributed by atoms with van der Waals surface area (Å²) in [5, 5.41) is 9.10. The summed E-state index contributed by atoms with van der Waals surface area (Å²) in [6.07, 6.45) is 0. The molecule has 16 heteroatoms. The van der Waals surface area contributed by atoms with Crippen LogP contribution in [0.5, 0.6) is 0 Å². The van der Waals surface area contributed by atoms with Crippen molar-refractivity contribution in [1.29, 1.82) is 0 Å². The Morgan fingerprint density at radius 1 is 0.286 bits per heavy atom. The van der Waals surface area contributed by atoms with Crippen molar-refractivity contribution in [2.45, 2.75) is 156 Å². The second kappa shape index (κ2) is 12.2. The molecule has 4 aliphatic heterocycles. The molecule has 0 spiro atoms. The zero-order valence-electron chi connectivity index (χ0n) is 35.5. The molecule has 0 unspecified atom stereocenters. The van der Waals surface area contributed by atoms with Crippen molar-refractivity contribution in [3.63, 3.8) is 0 Å². The Balaban J connectivity index is 1.33. The average Bonchev–Trinajstić information content (AvgIpc) is 3.89. The molecule has 4 aromatic rings. The van der Waals surface area contributed by atoms with E-state index < -0.39 is 73.3 Å². The lowest BCUT2D eigenvalue weighted by atomic mass is 9.71. The second-order valence-electron chi connectivity index (χ2n) is 19.9. The fourth-order valence-corrected chi connectivity index (χ4v) is 11.9. The van der Waals surface area contributed by atoms with Gasteiger partial charge in [0.05, 0.1) is 44.8 Å². The first-order valence-corrected chi connectivity index (χ1v) is 23.1. The van der Waals surface area contributed by atoms with Gasteiger partial charge in [0.15, 0.2) is 0 Å². The zero-order valence-corrected chi connectivity index (χ0v) is 38.8. The predicted octanol–water partition coefficient (Wildman–Crippen LogP) is 8.11. The van der Waals surface area contributed by atoms with Crippen molar-refractivity contribution in [3.8, 4) is 44.5 Å². The van der Waals surface area contributed by atoms with Crippen LogP contribution >= 0.6 is 45.3 Å². The summed E-state index contributed by atoms with van der Waals surface area (Å²) in [4.78, 5) is 0. The third kappa shape index (κ3) is 5.60. The lowest BCUT2D eigenvalue weighted by Crippen LogP contribution is -2.41. The van der Waals surface area contributed by atoms with Crippen LogP contribution in [0.4, 0.5) is 0 Å². The van der Waals surface area contributed by atoms with E-state index in [1.807, 2.05) is 0 Å². The highest BCUT2D eigenvalue weighted by Gasteiger charge is 2.58. The molecule has 56 heavy (non-hydrogen) atoms.